The summed E-state index contributed by atoms with van der Waals surface area (Å²) in [6, 6.07) is 10.7. The van der Waals surface area contributed by atoms with Crippen molar-refractivity contribution >= 4 is 15.9 Å². The van der Waals surface area contributed by atoms with Crippen LogP contribution in [0.5, 0.6) is 5.75 Å². The second-order valence-corrected chi connectivity index (χ2v) is 10.4. The topological polar surface area (TPSA) is 75.7 Å². The van der Waals surface area contributed by atoms with Gasteiger partial charge >= 0.3 is 0 Å². The monoisotopic (exact) mass is 444 g/mol. The van der Waals surface area contributed by atoms with E-state index in [1.54, 1.807) is 19.1 Å². The number of piperidine rings is 1. The van der Waals surface area contributed by atoms with Gasteiger partial charge in [0.1, 0.15) is 12.4 Å². The first-order valence-corrected chi connectivity index (χ1v) is 12.2. The quantitative estimate of drug-likeness (QED) is 0.659. The van der Waals surface area contributed by atoms with E-state index in [9.17, 15) is 13.2 Å². The molecule has 7 heteroatoms. The second-order valence-electron chi connectivity index (χ2n) is 8.44. The van der Waals surface area contributed by atoms with Gasteiger partial charge in [-0.15, -0.1) is 0 Å². The van der Waals surface area contributed by atoms with Crippen molar-refractivity contribution in [1.82, 2.24) is 9.62 Å². The molecule has 0 saturated carbocycles. The minimum Gasteiger partial charge on any atom is -0.491 e. The summed E-state index contributed by atoms with van der Waals surface area (Å²) in [7, 11) is -3.60. The summed E-state index contributed by atoms with van der Waals surface area (Å²) in [5.74, 6) is 1.03. The van der Waals surface area contributed by atoms with Crippen molar-refractivity contribution in [1.29, 1.82) is 0 Å². The van der Waals surface area contributed by atoms with Crippen LogP contribution in [0.3, 0.4) is 0 Å². The zero-order chi connectivity index (χ0) is 22.6. The molecule has 0 spiro atoms. The van der Waals surface area contributed by atoms with Crippen LogP contribution >= 0.6 is 0 Å². The van der Waals surface area contributed by atoms with E-state index >= 15 is 0 Å². The molecule has 0 aliphatic carbocycles. The molecule has 0 bridgehead atoms. The molecule has 3 rings (SSSR count). The zero-order valence-corrected chi connectivity index (χ0v) is 19.6. The lowest BCUT2D eigenvalue weighted by atomic mass is 10.0. The van der Waals surface area contributed by atoms with E-state index in [4.69, 9.17) is 4.74 Å². The molecule has 31 heavy (non-hydrogen) atoms. The Morgan fingerprint density at radius 1 is 1.06 bits per heavy atom. The first-order chi connectivity index (χ1) is 14.7. The average molecular weight is 445 g/mol. The molecule has 2 aromatic carbocycles. The first kappa shape index (κ1) is 23.3. The number of hydrogen-bond acceptors (Lipinski definition) is 4. The Labute approximate surface area is 185 Å². The molecule has 168 valence electrons. The summed E-state index contributed by atoms with van der Waals surface area (Å²) in [6.45, 7) is 9.66. The molecule has 0 atom stereocenters. The summed E-state index contributed by atoms with van der Waals surface area (Å²) in [5, 5.41) is 2.83. The Balaban J connectivity index is 1.63. The van der Waals surface area contributed by atoms with Crippen LogP contribution in [0.25, 0.3) is 0 Å². The minimum absolute atomic E-state index is 0.171. The maximum absolute atomic E-state index is 13.0. The van der Waals surface area contributed by atoms with Crippen molar-refractivity contribution < 1.29 is 17.9 Å². The number of nitrogens with zero attached hydrogens (tertiary/aromatic N) is 1. The molecule has 1 amide bonds. The van der Waals surface area contributed by atoms with Crippen molar-refractivity contribution in [2.24, 2.45) is 5.92 Å². The number of carbonyl (C=O) groups excluding carboxylic acids is 1. The second kappa shape index (κ2) is 9.83. The predicted molar refractivity (Wildman–Crippen MR) is 122 cm³/mol. The molecular weight excluding hydrogens is 412 g/mol. The van der Waals surface area contributed by atoms with Gasteiger partial charge in [0.25, 0.3) is 5.91 Å². The molecule has 1 fully saturated rings. The van der Waals surface area contributed by atoms with Crippen LogP contribution in [-0.2, 0) is 10.0 Å². The van der Waals surface area contributed by atoms with Crippen LogP contribution in [0.15, 0.2) is 41.3 Å². The number of ether oxygens (including phenoxy) is 1. The first-order valence-electron chi connectivity index (χ1n) is 10.8. The Bertz CT molecular complexity index is 1040. The highest BCUT2D eigenvalue weighted by Gasteiger charge is 2.28. The van der Waals surface area contributed by atoms with E-state index in [1.807, 2.05) is 32.0 Å². The van der Waals surface area contributed by atoms with Gasteiger partial charge in [-0.3, -0.25) is 4.79 Å². The van der Waals surface area contributed by atoms with Gasteiger partial charge in [-0.25, -0.2) is 8.42 Å². The van der Waals surface area contributed by atoms with Crippen molar-refractivity contribution in [3.05, 3.63) is 58.7 Å². The number of benzene rings is 2. The SMILES string of the molecule is Cc1ccc(OCCNC(=O)c2cc(S(=O)(=O)N3CCC(C)CC3)ccc2C)c(C)c1. The smallest absolute Gasteiger partial charge is 0.251 e. The van der Waals surface area contributed by atoms with Gasteiger partial charge in [-0.1, -0.05) is 30.7 Å². The number of amides is 1. The largest absolute Gasteiger partial charge is 0.491 e. The van der Waals surface area contributed by atoms with E-state index in [2.05, 4.69) is 12.2 Å². The number of nitrogens with one attached hydrogen (secondary N) is 1. The third-order valence-electron chi connectivity index (χ3n) is 5.81. The summed E-state index contributed by atoms with van der Waals surface area (Å²) < 4.78 is 33.3. The van der Waals surface area contributed by atoms with Crippen LogP contribution in [0, 0.1) is 26.7 Å². The molecular formula is C24H32N2O4S. The average Bonchev–Trinajstić information content (AvgIpc) is 2.72. The Morgan fingerprint density at radius 2 is 1.77 bits per heavy atom. The van der Waals surface area contributed by atoms with Gasteiger partial charge in [0.15, 0.2) is 0 Å². The van der Waals surface area contributed by atoms with Crippen LogP contribution in [0.1, 0.15) is 46.8 Å². The number of rotatable bonds is 7. The van der Waals surface area contributed by atoms with Gasteiger partial charge in [0.2, 0.25) is 10.0 Å². The van der Waals surface area contributed by atoms with E-state index in [1.165, 1.54) is 15.9 Å². The van der Waals surface area contributed by atoms with Gasteiger partial charge in [0.05, 0.1) is 11.4 Å². The highest BCUT2D eigenvalue weighted by atomic mass is 32.2. The molecule has 1 saturated heterocycles. The summed E-state index contributed by atoms with van der Waals surface area (Å²) in [6.07, 6.45) is 1.72. The molecule has 0 aromatic heterocycles. The Kier molecular flexibility index (Phi) is 7.38. The molecule has 1 aliphatic rings. The van der Waals surface area contributed by atoms with Crippen molar-refractivity contribution in [3.8, 4) is 5.75 Å². The predicted octanol–water partition coefficient (Wildman–Crippen LogP) is 3.84. The van der Waals surface area contributed by atoms with E-state index < -0.39 is 10.0 Å². The van der Waals surface area contributed by atoms with E-state index in [-0.39, 0.29) is 10.8 Å². The van der Waals surface area contributed by atoms with Gasteiger partial charge in [-0.05, 0) is 68.9 Å². The highest BCUT2D eigenvalue weighted by molar-refractivity contribution is 7.89. The molecule has 0 radical (unpaired) electrons. The molecule has 0 unspecified atom stereocenters. The molecule has 1 heterocycles. The van der Waals surface area contributed by atoms with Crippen molar-refractivity contribution in [2.75, 3.05) is 26.2 Å². The van der Waals surface area contributed by atoms with Gasteiger partial charge in [0, 0.05) is 18.7 Å². The molecule has 2 aromatic rings. The van der Waals surface area contributed by atoms with Gasteiger partial charge < -0.3 is 10.1 Å². The van der Waals surface area contributed by atoms with Crippen LogP contribution in [-0.4, -0.2) is 44.9 Å². The highest BCUT2D eigenvalue weighted by Crippen LogP contribution is 2.25. The van der Waals surface area contributed by atoms with E-state index in [0.29, 0.717) is 37.7 Å². The molecule has 1 N–H and O–H groups in total. The Hall–Kier alpha value is -2.38. The summed E-state index contributed by atoms with van der Waals surface area (Å²) in [5.41, 5.74) is 3.33. The number of carbonyl (C=O) groups is 1. The lowest BCUT2D eigenvalue weighted by Crippen LogP contribution is -2.38. The number of aryl methyl sites for hydroxylation is 3. The Morgan fingerprint density at radius 3 is 2.45 bits per heavy atom. The zero-order valence-electron chi connectivity index (χ0n) is 18.8. The lowest BCUT2D eigenvalue weighted by molar-refractivity contribution is 0.0946. The normalized spacial score (nSPS) is 15.6. The van der Waals surface area contributed by atoms with Crippen molar-refractivity contribution in [2.45, 2.75) is 45.4 Å². The van der Waals surface area contributed by atoms with Crippen LogP contribution < -0.4 is 10.1 Å². The van der Waals surface area contributed by atoms with Crippen LogP contribution in [0.4, 0.5) is 0 Å². The van der Waals surface area contributed by atoms with Crippen molar-refractivity contribution in [3.63, 3.8) is 0 Å². The summed E-state index contributed by atoms with van der Waals surface area (Å²) in [4.78, 5) is 12.9. The fourth-order valence-electron chi connectivity index (χ4n) is 3.76. The molecule has 1 aliphatic heterocycles. The standard InChI is InChI=1S/C24H32N2O4S/c1-17-9-12-26(13-10-17)31(28,29)21-7-6-19(3)22(16-21)24(27)25-11-14-30-23-8-5-18(2)15-20(23)4/h5-8,15-17H,9-14H2,1-4H3,(H,25,27). The fourth-order valence-corrected chi connectivity index (χ4v) is 5.26. The summed E-state index contributed by atoms with van der Waals surface area (Å²) >= 11 is 0. The maximum Gasteiger partial charge on any atom is 0.251 e. The minimum atomic E-state index is -3.60. The van der Waals surface area contributed by atoms with E-state index in [0.717, 1.165) is 29.7 Å². The number of hydrogen-bond donors (Lipinski definition) is 1. The fraction of sp³-hybridized carbons (Fsp3) is 0.458. The third-order valence-corrected chi connectivity index (χ3v) is 7.70. The number of sulfonamides is 1. The maximum atomic E-state index is 13.0. The van der Waals surface area contributed by atoms with Crippen LogP contribution in [0.2, 0.25) is 0 Å². The lowest BCUT2D eigenvalue weighted by Gasteiger charge is -2.29. The third kappa shape index (κ3) is 5.66. The molecule has 6 nitrogen and oxygen atoms in total. The van der Waals surface area contributed by atoms with Gasteiger partial charge in [-0.2, -0.15) is 4.31 Å².